The lowest BCUT2D eigenvalue weighted by atomic mass is 10.1. The molecule has 9 atom stereocenters. The number of aliphatic hydroxyl groups is 4. The maximum Gasteiger partial charge on any atom is 0.325 e. The van der Waals surface area contributed by atoms with Crippen LogP contribution in [-0.2, 0) is 30.3 Å². The lowest BCUT2D eigenvalue weighted by molar-refractivity contribution is -0.0571. The number of nitrogens with zero attached hydrogens (tertiary/aromatic N) is 7. The van der Waals surface area contributed by atoms with Crippen molar-refractivity contribution in [2.75, 3.05) is 24.7 Å². The molecule has 6 rings (SSSR count). The number of aromatic nitrogens is 8. The average Bonchev–Trinajstić information content (AvgIpc) is 3.69. The SMILES string of the molecule is Nc1nc2c(ncn2[C@@H]2O[C@H](CO)C(O)C2OP(O)(=S)OC[C@H]2O[C@@H](n3cnc4c(N)ncnc43)C(O)C2O)c(=O)[nH]1. The summed E-state index contributed by atoms with van der Waals surface area (Å²) in [6.45, 7) is -5.39. The number of aliphatic hydroxyl groups excluding tert-OH is 4. The third kappa shape index (κ3) is 4.93. The van der Waals surface area contributed by atoms with Crippen LogP contribution in [0.1, 0.15) is 12.5 Å². The van der Waals surface area contributed by atoms with Gasteiger partial charge in [0.1, 0.15) is 48.5 Å². The van der Waals surface area contributed by atoms with Gasteiger partial charge in [-0.15, -0.1) is 0 Å². The number of ether oxygens (including phenoxy) is 2. The summed E-state index contributed by atoms with van der Waals surface area (Å²) < 4.78 is 25.1. The Labute approximate surface area is 238 Å². The van der Waals surface area contributed by atoms with Crippen LogP contribution in [0.3, 0.4) is 0 Å². The Hall–Kier alpha value is -3.21. The highest BCUT2D eigenvalue weighted by Crippen LogP contribution is 2.50. The van der Waals surface area contributed by atoms with Gasteiger partial charge in [-0.05, 0) is 11.8 Å². The predicted octanol–water partition coefficient (Wildman–Crippen LogP) is -3.39. The van der Waals surface area contributed by atoms with E-state index in [1.807, 2.05) is 0 Å². The average molecular weight is 629 g/mol. The van der Waals surface area contributed by atoms with Crippen molar-refractivity contribution < 1.29 is 43.8 Å². The Morgan fingerprint density at radius 2 is 1.67 bits per heavy atom. The molecular weight excluding hydrogens is 603 g/mol. The molecule has 0 aliphatic carbocycles. The van der Waals surface area contributed by atoms with Crippen molar-refractivity contribution in [1.29, 1.82) is 0 Å². The van der Waals surface area contributed by atoms with E-state index < -0.39 is 74.6 Å². The van der Waals surface area contributed by atoms with Gasteiger partial charge in [0.2, 0.25) is 5.95 Å². The molecule has 5 unspecified atom stereocenters. The van der Waals surface area contributed by atoms with E-state index in [1.165, 1.54) is 28.1 Å². The number of aromatic amines is 1. The first-order valence-corrected chi connectivity index (χ1v) is 14.8. The summed E-state index contributed by atoms with van der Waals surface area (Å²) in [4.78, 5) is 45.5. The van der Waals surface area contributed by atoms with Crippen molar-refractivity contribution in [3.8, 4) is 0 Å². The highest BCUT2D eigenvalue weighted by Gasteiger charge is 2.49. The second kappa shape index (κ2) is 10.8. The number of nitrogen functional groups attached to an aromatic ring is 2. The molecular formula is C20H25N10O10PS. The molecule has 2 fully saturated rings. The summed E-state index contributed by atoms with van der Waals surface area (Å²) in [7, 11) is 0. The minimum Gasteiger partial charge on any atom is -0.394 e. The van der Waals surface area contributed by atoms with E-state index in [1.54, 1.807) is 0 Å². The maximum atomic E-state index is 12.2. The fourth-order valence-corrected chi connectivity index (χ4v) is 6.25. The molecule has 2 aliphatic rings. The summed E-state index contributed by atoms with van der Waals surface area (Å²) in [5, 5.41) is 41.8. The Morgan fingerprint density at radius 3 is 2.40 bits per heavy atom. The van der Waals surface area contributed by atoms with Gasteiger partial charge in [0.15, 0.2) is 35.1 Å². The smallest absolute Gasteiger partial charge is 0.325 e. The zero-order valence-electron chi connectivity index (χ0n) is 21.2. The number of nitrogens with one attached hydrogen (secondary N) is 1. The van der Waals surface area contributed by atoms with Crippen LogP contribution in [-0.4, -0.2) is 114 Å². The van der Waals surface area contributed by atoms with Crippen LogP contribution in [0.4, 0.5) is 11.8 Å². The second-order valence-electron chi connectivity index (χ2n) is 9.48. The monoisotopic (exact) mass is 628 g/mol. The van der Waals surface area contributed by atoms with E-state index in [0.717, 1.165) is 0 Å². The molecule has 4 aromatic heterocycles. The van der Waals surface area contributed by atoms with Crippen molar-refractivity contribution in [3.63, 3.8) is 0 Å². The maximum absolute atomic E-state index is 12.2. The molecule has 226 valence electrons. The molecule has 4 aromatic rings. The third-order valence-electron chi connectivity index (χ3n) is 6.87. The molecule has 0 aromatic carbocycles. The molecule has 42 heavy (non-hydrogen) atoms. The summed E-state index contributed by atoms with van der Waals surface area (Å²) in [5.74, 6) is -0.103. The summed E-state index contributed by atoms with van der Waals surface area (Å²) in [5.41, 5.74) is 11.2. The Balaban J connectivity index is 1.19. The first-order valence-electron chi connectivity index (χ1n) is 12.3. The summed E-state index contributed by atoms with van der Waals surface area (Å²) >= 11 is 5.15. The topological polar surface area (TPSA) is 297 Å². The molecule has 0 bridgehead atoms. The van der Waals surface area contributed by atoms with Crippen molar-refractivity contribution in [2.45, 2.75) is 49.1 Å². The second-order valence-corrected chi connectivity index (χ2v) is 12.3. The number of nitrogens with two attached hydrogens (primary N) is 2. The number of imidazole rings is 2. The van der Waals surface area contributed by atoms with Crippen LogP contribution < -0.4 is 17.0 Å². The van der Waals surface area contributed by atoms with Crippen LogP contribution in [0.5, 0.6) is 0 Å². The van der Waals surface area contributed by atoms with Crippen molar-refractivity contribution in [1.82, 2.24) is 39.0 Å². The zero-order chi connectivity index (χ0) is 29.9. The van der Waals surface area contributed by atoms with E-state index in [2.05, 4.69) is 29.9 Å². The van der Waals surface area contributed by atoms with E-state index >= 15 is 0 Å². The molecule has 0 saturated carbocycles. The Bertz CT molecular complexity index is 1730. The minimum absolute atomic E-state index is 0.0191. The molecule has 6 heterocycles. The van der Waals surface area contributed by atoms with Crippen molar-refractivity contribution >= 4 is 52.6 Å². The fourth-order valence-electron chi connectivity index (χ4n) is 4.84. The lowest BCUT2D eigenvalue weighted by Crippen LogP contribution is -2.36. The highest BCUT2D eigenvalue weighted by atomic mass is 32.5. The zero-order valence-corrected chi connectivity index (χ0v) is 22.9. The Kier molecular flexibility index (Phi) is 7.43. The fraction of sp³-hybridized carbons (Fsp3) is 0.500. The predicted molar refractivity (Wildman–Crippen MR) is 143 cm³/mol. The number of fused-ring (bicyclic) bond motifs is 2. The van der Waals surface area contributed by atoms with Gasteiger partial charge in [0.25, 0.3) is 5.56 Å². The van der Waals surface area contributed by atoms with Crippen LogP contribution >= 0.6 is 6.72 Å². The number of anilines is 2. The summed E-state index contributed by atoms with van der Waals surface area (Å²) in [6, 6.07) is 0. The number of hydrogen-bond acceptors (Lipinski definition) is 17. The minimum atomic E-state index is -4.22. The van der Waals surface area contributed by atoms with Crippen molar-refractivity contribution in [3.05, 3.63) is 29.3 Å². The molecule has 2 saturated heterocycles. The van der Waals surface area contributed by atoms with Gasteiger partial charge in [-0.3, -0.25) is 23.4 Å². The van der Waals surface area contributed by atoms with Gasteiger partial charge >= 0.3 is 6.72 Å². The highest BCUT2D eigenvalue weighted by molar-refractivity contribution is 8.07. The van der Waals surface area contributed by atoms with Crippen LogP contribution in [0.15, 0.2) is 23.8 Å². The van der Waals surface area contributed by atoms with Crippen LogP contribution in [0.2, 0.25) is 0 Å². The quantitative estimate of drug-likeness (QED) is 0.0882. The van der Waals surface area contributed by atoms with E-state index in [-0.39, 0.29) is 34.1 Å². The van der Waals surface area contributed by atoms with Gasteiger partial charge in [-0.1, -0.05) is 0 Å². The lowest BCUT2D eigenvalue weighted by Gasteiger charge is -2.27. The number of hydrogen-bond donors (Lipinski definition) is 8. The third-order valence-corrected chi connectivity index (χ3v) is 8.43. The van der Waals surface area contributed by atoms with E-state index in [9.17, 15) is 30.1 Å². The standard InChI is InChI=1S/C20H25N10O10PS/c21-14-8-15(24-3-23-14)29(4-25-8)18-12(34)10(32)7(39-18)2-37-41(36,42)40-13-11(33)6(1-31)38-19(13)30-5-26-9-16(30)27-20(22)28-17(9)35/h3-7,10-13,18-19,31-34H,1-2H2,(H,36,42)(H2,21,23,24)(H3,22,27,28,35)/t6-,7-,10?,11?,12?,13?,18-,19-,41?/m1/s1. The molecule has 0 radical (unpaired) electrons. The van der Waals surface area contributed by atoms with Gasteiger partial charge < -0.3 is 50.8 Å². The van der Waals surface area contributed by atoms with Crippen LogP contribution in [0, 0.1) is 0 Å². The molecule has 2 aliphatic heterocycles. The van der Waals surface area contributed by atoms with Gasteiger partial charge in [0, 0.05) is 0 Å². The first kappa shape index (κ1) is 28.9. The largest absolute Gasteiger partial charge is 0.394 e. The van der Waals surface area contributed by atoms with Gasteiger partial charge in [-0.25, -0.2) is 19.9 Å². The first-order chi connectivity index (χ1) is 20.0. The van der Waals surface area contributed by atoms with Crippen LogP contribution in [0.25, 0.3) is 22.3 Å². The van der Waals surface area contributed by atoms with Gasteiger partial charge in [-0.2, -0.15) is 4.98 Å². The molecule has 20 nitrogen and oxygen atoms in total. The molecule has 10 N–H and O–H groups in total. The number of H-pyrrole nitrogens is 1. The normalized spacial score (nSPS) is 31.3. The van der Waals surface area contributed by atoms with Crippen molar-refractivity contribution in [2.24, 2.45) is 0 Å². The van der Waals surface area contributed by atoms with E-state index in [4.69, 9.17) is 41.8 Å². The molecule has 0 spiro atoms. The molecule has 0 amide bonds. The summed E-state index contributed by atoms with van der Waals surface area (Å²) in [6.07, 6.45) is -6.99. The van der Waals surface area contributed by atoms with E-state index in [0.29, 0.717) is 0 Å². The van der Waals surface area contributed by atoms with Gasteiger partial charge in [0.05, 0.1) is 25.9 Å². The molecule has 22 heteroatoms. The number of rotatable bonds is 8. The Morgan fingerprint density at radius 1 is 0.976 bits per heavy atom.